The van der Waals surface area contributed by atoms with Gasteiger partial charge in [-0.1, -0.05) is 43.7 Å². The highest BCUT2D eigenvalue weighted by Crippen LogP contribution is 2.45. The van der Waals surface area contributed by atoms with Crippen LogP contribution in [0.3, 0.4) is 0 Å². The van der Waals surface area contributed by atoms with E-state index in [4.69, 9.17) is 14.2 Å². The van der Waals surface area contributed by atoms with Crippen LogP contribution in [0.1, 0.15) is 65.9 Å². The Kier molecular flexibility index (Phi) is 12.6. The number of benzene rings is 1. The average Bonchev–Trinajstić information content (AvgIpc) is 2.95. The molecule has 1 amide bonds. The lowest BCUT2D eigenvalue weighted by Crippen LogP contribution is -2.37. The lowest BCUT2D eigenvalue weighted by molar-refractivity contribution is -0.151. The first-order valence-corrected chi connectivity index (χ1v) is 15.2. The Morgan fingerprint density at radius 1 is 1.14 bits per heavy atom. The highest BCUT2D eigenvalue weighted by Gasteiger charge is 2.30. The Hall–Kier alpha value is -3.60. The summed E-state index contributed by atoms with van der Waals surface area (Å²) in [6.07, 6.45) is 7.75. The number of aliphatic hydroxyl groups excluding tert-OH is 1. The molecule has 0 spiro atoms. The van der Waals surface area contributed by atoms with E-state index in [0.29, 0.717) is 35.2 Å². The van der Waals surface area contributed by atoms with Crippen LogP contribution in [-0.2, 0) is 23.8 Å². The lowest BCUT2D eigenvalue weighted by Gasteiger charge is -2.35. The molecule has 0 aromatic heterocycles. The van der Waals surface area contributed by atoms with E-state index in [0.717, 1.165) is 25.1 Å². The lowest BCUT2D eigenvalue weighted by atomic mass is 9.91. The monoisotopic (exact) mass is 612 g/mol. The molecule has 2 aliphatic heterocycles. The number of aliphatic hydroxyl groups is 1. The van der Waals surface area contributed by atoms with E-state index in [9.17, 15) is 24.9 Å². The molecule has 10 nitrogen and oxygen atoms in total. The molecule has 0 radical (unpaired) electrons. The summed E-state index contributed by atoms with van der Waals surface area (Å²) in [4.78, 5) is 27.7. The molecule has 5 atom stereocenters. The van der Waals surface area contributed by atoms with Gasteiger partial charge in [0.1, 0.15) is 17.6 Å². The fraction of sp³-hybridized carbons (Fsp3) is 0.529. The molecule has 4 N–H and O–H groups in total. The summed E-state index contributed by atoms with van der Waals surface area (Å²) in [6.45, 7) is 10.5. The Morgan fingerprint density at radius 2 is 1.84 bits per heavy atom. The average molecular weight is 613 g/mol. The summed E-state index contributed by atoms with van der Waals surface area (Å²) in [5.74, 6) is -1.45. The molecule has 1 saturated heterocycles. The standard InChI is InChI=1S/C34H48N2O8/c1-8-11-29(38)44-33-23(5)18-22(4)31(39)28(43-7)17-20(2)16-24-30(36-14-10-15-36)26(37)19-25(32(24)40)35-34(41)21(3)12-9-13-27(33)42-6/h9,12-13,16,18-19,22,27-28,31,33,37,39-40H,8,10-11,14-15,17H2,1-7H3,(H,35,41)/t22-,27-,28-,31+,33-/m0/s1. The van der Waals surface area contributed by atoms with Gasteiger partial charge in [0.15, 0.2) is 6.10 Å². The Morgan fingerprint density at radius 3 is 2.43 bits per heavy atom. The zero-order valence-corrected chi connectivity index (χ0v) is 26.9. The molecule has 2 bridgehead atoms. The number of amides is 1. The minimum Gasteiger partial charge on any atom is -0.506 e. The van der Waals surface area contributed by atoms with Crippen molar-refractivity contribution in [3.8, 4) is 11.5 Å². The van der Waals surface area contributed by atoms with Crippen LogP contribution in [-0.4, -0.2) is 78.9 Å². The second kappa shape index (κ2) is 15.9. The number of hydrogen-bond donors (Lipinski definition) is 4. The summed E-state index contributed by atoms with van der Waals surface area (Å²) in [5.41, 5.74) is 2.76. The third kappa shape index (κ3) is 8.52. The van der Waals surface area contributed by atoms with Crippen LogP contribution >= 0.6 is 0 Å². The van der Waals surface area contributed by atoms with Crippen LogP contribution in [0.4, 0.5) is 11.4 Å². The number of rotatable bonds is 6. The number of phenols is 2. The summed E-state index contributed by atoms with van der Waals surface area (Å²) in [7, 11) is 3.04. The van der Waals surface area contributed by atoms with E-state index in [2.05, 4.69) is 5.32 Å². The van der Waals surface area contributed by atoms with Crippen molar-refractivity contribution in [1.29, 1.82) is 0 Å². The van der Waals surface area contributed by atoms with Gasteiger partial charge in [0.2, 0.25) is 0 Å². The number of hydrogen-bond acceptors (Lipinski definition) is 9. The SMILES string of the molecule is CCCC(=O)O[C@H]1C(C)=C[C@H](C)[C@@H](O)[C@@H](OC)CC(C)=Cc2c(O)c(cc(O)c2N2CCC2)NC(=O)C(C)=CC=C[C@@H]1OC. The highest BCUT2D eigenvalue weighted by atomic mass is 16.6. The van der Waals surface area contributed by atoms with Crippen LogP contribution in [0.25, 0.3) is 6.08 Å². The molecule has 0 unspecified atom stereocenters. The Bertz CT molecular complexity index is 1310. The quantitative estimate of drug-likeness (QED) is 0.147. The van der Waals surface area contributed by atoms with Crippen LogP contribution in [0.5, 0.6) is 11.5 Å². The van der Waals surface area contributed by atoms with Crippen LogP contribution in [0.2, 0.25) is 0 Å². The highest BCUT2D eigenvalue weighted by molar-refractivity contribution is 6.05. The van der Waals surface area contributed by atoms with Gasteiger partial charge in [0, 0.05) is 56.9 Å². The molecule has 2 heterocycles. The van der Waals surface area contributed by atoms with E-state index in [-0.39, 0.29) is 35.5 Å². The predicted octanol–water partition coefficient (Wildman–Crippen LogP) is 5.24. The first-order chi connectivity index (χ1) is 20.9. The number of esters is 1. The normalized spacial score (nSPS) is 25.4. The molecule has 1 aromatic carbocycles. The first kappa shape index (κ1) is 34.9. The second-order valence-corrected chi connectivity index (χ2v) is 11.7. The van der Waals surface area contributed by atoms with Crippen LogP contribution in [0, 0.1) is 5.92 Å². The molecule has 0 saturated carbocycles. The Labute approximate surface area is 260 Å². The summed E-state index contributed by atoms with van der Waals surface area (Å²) in [5, 5.41) is 36.4. The van der Waals surface area contributed by atoms with E-state index in [1.807, 2.05) is 38.7 Å². The largest absolute Gasteiger partial charge is 0.506 e. The molecule has 1 aromatic rings. The van der Waals surface area contributed by atoms with Gasteiger partial charge in [-0.3, -0.25) is 9.59 Å². The number of carbonyl (C=O) groups is 2. The third-order valence-electron chi connectivity index (χ3n) is 8.11. The summed E-state index contributed by atoms with van der Waals surface area (Å²) in [6, 6.07) is 1.35. The van der Waals surface area contributed by atoms with Crippen molar-refractivity contribution >= 4 is 29.3 Å². The zero-order valence-electron chi connectivity index (χ0n) is 26.9. The van der Waals surface area contributed by atoms with Gasteiger partial charge in [-0.2, -0.15) is 0 Å². The van der Waals surface area contributed by atoms with E-state index in [1.165, 1.54) is 20.3 Å². The maximum absolute atomic E-state index is 13.1. The molecule has 44 heavy (non-hydrogen) atoms. The molecule has 1 fully saturated rings. The number of anilines is 2. The number of carbonyl (C=O) groups excluding carboxylic acids is 2. The first-order valence-electron chi connectivity index (χ1n) is 15.2. The van der Waals surface area contributed by atoms with Crippen molar-refractivity contribution < 1.29 is 39.1 Å². The van der Waals surface area contributed by atoms with Gasteiger partial charge in [-0.05, 0) is 51.7 Å². The maximum atomic E-state index is 13.1. The smallest absolute Gasteiger partial charge is 0.306 e. The molecule has 0 aliphatic carbocycles. The van der Waals surface area contributed by atoms with Gasteiger partial charge in [-0.25, -0.2) is 0 Å². The van der Waals surface area contributed by atoms with Crippen molar-refractivity contribution in [1.82, 2.24) is 0 Å². The number of nitrogens with one attached hydrogen (secondary N) is 1. The molecule has 2 aliphatic rings. The number of phenolic OH excluding ortho intramolecular Hbond substituents is 2. The molecule has 3 rings (SSSR count). The maximum Gasteiger partial charge on any atom is 0.306 e. The molecule has 10 heteroatoms. The minimum atomic E-state index is -0.919. The van der Waals surface area contributed by atoms with Gasteiger partial charge in [-0.15, -0.1) is 0 Å². The summed E-state index contributed by atoms with van der Waals surface area (Å²) >= 11 is 0. The number of allylic oxidation sites excluding steroid dienone is 2. The predicted molar refractivity (Wildman–Crippen MR) is 172 cm³/mol. The number of methoxy groups -OCH3 is 2. The topological polar surface area (TPSA) is 138 Å². The number of fused-ring (bicyclic) bond motifs is 2. The number of aromatic hydroxyl groups is 2. The van der Waals surface area contributed by atoms with Crippen molar-refractivity contribution in [2.45, 2.75) is 84.7 Å². The molecular weight excluding hydrogens is 564 g/mol. The molecule has 242 valence electrons. The fourth-order valence-corrected chi connectivity index (χ4v) is 5.42. The van der Waals surface area contributed by atoms with Crippen molar-refractivity contribution in [2.75, 3.05) is 37.5 Å². The van der Waals surface area contributed by atoms with Gasteiger partial charge < -0.3 is 39.7 Å². The fourth-order valence-electron chi connectivity index (χ4n) is 5.42. The van der Waals surface area contributed by atoms with Crippen molar-refractivity contribution in [2.24, 2.45) is 5.92 Å². The zero-order chi connectivity index (χ0) is 32.6. The van der Waals surface area contributed by atoms with E-state index < -0.39 is 30.3 Å². The number of ether oxygens (including phenoxy) is 3. The number of nitrogens with zero attached hydrogens (tertiary/aromatic N) is 1. The summed E-state index contributed by atoms with van der Waals surface area (Å²) < 4.78 is 17.3. The van der Waals surface area contributed by atoms with Gasteiger partial charge in [0.25, 0.3) is 5.91 Å². The van der Waals surface area contributed by atoms with Crippen LogP contribution in [0.15, 0.2) is 47.1 Å². The van der Waals surface area contributed by atoms with E-state index in [1.54, 1.807) is 31.2 Å². The van der Waals surface area contributed by atoms with Gasteiger partial charge in [0.05, 0.1) is 23.6 Å². The van der Waals surface area contributed by atoms with Gasteiger partial charge >= 0.3 is 5.97 Å². The molecular formula is C34H48N2O8. The Balaban J connectivity index is 2.14. The van der Waals surface area contributed by atoms with Crippen molar-refractivity contribution in [3.05, 3.63) is 52.7 Å². The van der Waals surface area contributed by atoms with Crippen molar-refractivity contribution in [3.63, 3.8) is 0 Å². The van der Waals surface area contributed by atoms with E-state index >= 15 is 0 Å². The second-order valence-electron chi connectivity index (χ2n) is 11.7. The minimum absolute atomic E-state index is 0.0616. The van der Waals surface area contributed by atoms with Crippen LogP contribution < -0.4 is 10.2 Å². The third-order valence-corrected chi connectivity index (χ3v) is 8.11.